The molecule has 1 heteroatoms. The van der Waals surface area contributed by atoms with Gasteiger partial charge in [-0.1, -0.05) is 51.7 Å². The van der Waals surface area contributed by atoms with Crippen LogP contribution in [-0.2, 0) is 0 Å². The lowest BCUT2D eigenvalue weighted by Crippen LogP contribution is -1.49. The molecule has 0 aromatic heterocycles. The van der Waals surface area contributed by atoms with Crippen LogP contribution >= 0.6 is 9.24 Å². The summed E-state index contributed by atoms with van der Waals surface area (Å²) < 4.78 is 0. The predicted molar refractivity (Wildman–Crippen MR) is 54.2 cm³/mol. The smallest absolute Gasteiger partial charge is 0.0374 e. The van der Waals surface area contributed by atoms with E-state index in [1.165, 1.54) is 6.42 Å². The first-order valence-corrected chi connectivity index (χ1v) is 4.00. The van der Waals surface area contributed by atoms with E-state index in [2.05, 4.69) is 36.2 Å². The van der Waals surface area contributed by atoms with Crippen molar-refractivity contribution in [3.8, 4) is 0 Å². The predicted octanol–water partition coefficient (Wildman–Crippen LogP) is 3.53. The SMILES string of the molecule is C=C/C=C\C(=C)P.CCC. The van der Waals surface area contributed by atoms with Gasteiger partial charge in [0.1, 0.15) is 0 Å². The van der Waals surface area contributed by atoms with Crippen LogP contribution in [0.5, 0.6) is 0 Å². The van der Waals surface area contributed by atoms with E-state index in [0.29, 0.717) is 0 Å². The first-order chi connectivity index (χ1) is 4.68. The average Bonchev–Trinajstić information content (AvgIpc) is 1.85. The van der Waals surface area contributed by atoms with E-state index < -0.39 is 0 Å². The van der Waals surface area contributed by atoms with Crippen molar-refractivity contribution in [2.75, 3.05) is 0 Å². The molecule has 0 saturated carbocycles. The zero-order valence-electron chi connectivity index (χ0n) is 6.93. The Bertz CT molecular complexity index is 112. The topological polar surface area (TPSA) is 0 Å². The molecule has 0 aromatic carbocycles. The zero-order chi connectivity index (χ0) is 8.41. The Morgan fingerprint density at radius 1 is 1.50 bits per heavy atom. The Balaban J connectivity index is 0. The molecule has 0 spiro atoms. The highest BCUT2D eigenvalue weighted by molar-refractivity contribution is 7.22. The number of hydrogen-bond donors (Lipinski definition) is 0. The quantitative estimate of drug-likeness (QED) is 0.423. The summed E-state index contributed by atoms with van der Waals surface area (Å²) in [6.45, 7) is 11.4. The largest absolute Gasteiger partial charge is 0.106 e. The minimum Gasteiger partial charge on any atom is -0.106 e. The van der Waals surface area contributed by atoms with Crippen LogP contribution in [0, 0.1) is 0 Å². The van der Waals surface area contributed by atoms with Crippen LogP contribution in [0.15, 0.2) is 36.7 Å². The van der Waals surface area contributed by atoms with E-state index >= 15 is 0 Å². The maximum atomic E-state index is 3.62. The fraction of sp³-hybridized carbons (Fsp3) is 0.333. The molecule has 1 atom stereocenters. The molecule has 0 aliphatic rings. The molecule has 0 amide bonds. The maximum absolute atomic E-state index is 3.62. The Hall–Kier alpha value is -0.350. The monoisotopic (exact) mass is 156 g/mol. The lowest BCUT2D eigenvalue weighted by Gasteiger charge is -1.77. The fourth-order valence-corrected chi connectivity index (χ4v) is 0.303. The molecule has 1 unspecified atom stereocenters. The number of allylic oxidation sites excluding steroid dienone is 4. The summed E-state index contributed by atoms with van der Waals surface area (Å²) in [7, 11) is 2.48. The molecule has 0 radical (unpaired) electrons. The normalized spacial score (nSPS) is 8.30. The highest BCUT2D eigenvalue weighted by atomic mass is 31.0. The molecular weight excluding hydrogens is 139 g/mol. The summed E-state index contributed by atoms with van der Waals surface area (Å²) in [5.74, 6) is 0. The van der Waals surface area contributed by atoms with E-state index in [4.69, 9.17) is 0 Å². The van der Waals surface area contributed by atoms with Crippen molar-refractivity contribution >= 4 is 9.24 Å². The Kier molecular flexibility index (Phi) is 14.1. The van der Waals surface area contributed by atoms with Crippen molar-refractivity contribution < 1.29 is 0 Å². The highest BCUT2D eigenvalue weighted by Crippen LogP contribution is 2.00. The molecule has 0 nitrogen and oxygen atoms in total. The van der Waals surface area contributed by atoms with Gasteiger partial charge >= 0.3 is 0 Å². The minimum absolute atomic E-state index is 0.972. The van der Waals surface area contributed by atoms with Gasteiger partial charge in [-0.05, 0) is 5.31 Å². The van der Waals surface area contributed by atoms with Crippen LogP contribution in [0.1, 0.15) is 20.3 Å². The summed E-state index contributed by atoms with van der Waals surface area (Å²) in [4.78, 5) is 0. The van der Waals surface area contributed by atoms with Crippen LogP contribution in [0.25, 0.3) is 0 Å². The van der Waals surface area contributed by atoms with Gasteiger partial charge in [-0.25, -0.2) is 0 Å². The molecule has 0 fully saturated rings. The number of rotatable bonds is 2. The van der Waals surface area contributed by atoms with Crippen molar-refractivity contribution in [3.05, 3.63) is 36.7 Å². The molecule has 0 bridgehead atoms. The Labute approximate surface area is 66.9 Å². The minimum atomic E-state index is 0.972. The zero-order valence-corrected chi connectivity index (χ0v) is 8.09. The van der Waals surface area contributed by atoms with Crippen LogP contribution in [0.2, 0.25) is 0 Å². The van der Waals surface area contributed by atoms with Gasteiger partial charge in [0.2, 0.25) is 0 Å². The van der Waals surface area contributed by atoms with Crippen LogP contribution in [0.4, 0.5) is 0 Å². The van der Waals surface area contributed by atoms with Crippen molar-refractivity contribution in [2.24, 2.45) is 0 Å². The van der Waals surface area contributed by atoms with Gasteiger partial charge in [-0.2, -0.15) is 0 Å². The second-order valence-electron chi connectivity index (χ2n) is 1.88. The van der Waals surface area contributed by atoms with Gasteiger partial charge in [0.25, 0.3) is 0 Å². The summed E-state index contributed by atoms with van der Waals surface area (Å²) in [6, 6.07) is 0. The van der Waals surface area contributed by atoms with Gasteiger partial charge in [0.05, 0.1) is 0 Å². The summed E-state index contributed by atoms with van der Waals surface area (Å²) in [6.07, 6.45) is 6.68. The third kappa shape index (κ3) is 25.4. The van der Waals surface area contributed by atoms with Crippen LogP contribution < -0.4 is 0 Å². The molecule has 58 valence electrons. The fourth-order valence-electron chi connectivity index (χ4n) is 0.192. The number of hydrogen-bond acceptors (Lipinski definition) is 0. The van der Waals surface area contributed by atoms with E-state index in [1.54, 1.807) is 6.08 Å². The van der Waals surface area contributed by atoms with E-state index in [-0.39, 0.29) is 0 Å². The molecule has 0 N–H and O–H groups in total. The van der Waals surface area contributed by atoms with Crippen molar-refractivity contribution in [2.45, 2.75) is 20.3 Å². The lowest BCUT2D eigenvalue weighted by atomic mass is 10.5. The van der Waals surface area contributed by atoms with Crippen LogP contribution in [0.3, 0.4) is 0 Å². The van der Waals surface area contributed by atoms with E-state index in [1.807, 2.05) is 12.2 Å². The molecule has 0 heterocycles. The van der Waals surface area contributed by atoms with Crippen molar-refractivity contribution in [1.82, 2.24) is 0 Å². The Morgan fingerprint density at radius 2 is 1.90 bits per heavy atom. The van der Waals surface area contributed by atoms with Crippen molar-refractivity contribution in [1.29, 1.82) is 0 Å². The first kappa shape index (κ1) is 12.3. The summed E-state index contributed by atoms with van der Waals surface area (Å²) in [5, 5.41) is 0.972. The van der Waals surface area contributed by atoms with Gasteiger partial charge in [0.15, 0.2) is 0 Å². The highest BCUT2D eigenvalue weighted by Gasteiger charge is 1.65. The standard InChI is InChI=1S/C6H9P.C3H8/c1-3-4-5-6(2)7;1-3-2/h3-5H,1-2,7H2;3H2,1-2H3/b5-4-;. The summed E-state index contributed by atoms with van der Waals surface area (Å²) >= 11 is 0. The third-order valence-electron chi connectivity index (χ3n) is 0.446. The molecule has 0 aliphatic heterocycles. The Morgan fingerprint density at radius 3 is 2.00 bits per heavy atom. The van der Waals surface area contributed by atoms with E-state index in [9.17, 15) is 0 Å². The molecule has 0 aromatic rings. The molecule has 0 saturated heterocycles. The van der Waals surface area contributed by atoms with Gasteiger partial charge < -0.3 is 0 Å². The molecular formula is C9H17P. The second kappa shape index (κ2) is 11.4. The van der Waals surface area contributed by atoms with Crippen LogP contribution in [-0.4, -0.2) is 0 Å². The van der Waals surface area contributed by atoms with Crippen molar-refractivity contribution in [3.63, 3.8) is 0 Å². The molecule has 10 heavy (non-hydrogen) atoms. The average molecular weight is 156 g/mol. The molecule has 0 aliphatic carbocycles. The lowest BCUT2D eigenvalue weighted by molar-refractivity contribution is 1.09. The second-order valence-corrected chi connectivity index (χ2v) is 2.62. The van der Waals surface area contributed by atoms with Gasteiger partial charge in [-0.3, -0.25) is 0 Å². The third-order valence-corrected chi connectivity index (χ3v) is 0.639. The summed E-state index contributed by atoms with van der Waals surface area (Å²) in [5.41, 5.74) is 0. The van der Waals surface area contributed by atoms with Gasteiger partial charge in [-0.15, -0.1) is 9.24 Å². The maximum Gasteiger partial charge on any atom is -0.0374 e. The first-order valence-electron chi connectivity index (χ1n) is 3.42. The van der Waals surface area contributed by atoms with E-state index in [0.717, 1.165) is 5.31 Å². The molecule has 0 rings (SSSR count). The van der Waals surface area contributed by atoms with Gasteiger partial charge in [0, 0.05) is 0 Å².